The van der Waals surface area contributed by atoms with Gasteiger partial charge in [0.05, 0.1) is 10.5 Å². The van der Waals surface area contributed by atoms with Crippen molar-refractivity contribution in [1.82, 2.24) is 4.72 Å². The van der Waals surface area contributed by atoms with Crippen LogP contribution in [-0.4, -0.2) is 26.5 Å². The average Bonchev–Trinajstić information content (AvgIpc) is 2.59. The lowest BCUT2D eigenvalue weighted by Gasteiger charge is -2.21. The Bertz CT molecular complexity index is 1000. The van der Waals surface area contributed by atoms with Gasteiger partial charge in [0, 0.05) is 16.8 Å². The molecule has 7 heteroatoms. The third-order valence-electron chi connectivity index (χ3n) is 3.77. The van der Waals surface area contributed by atoms with E-state index in [2.05, 4.69) is 10.0 Å². The number of ether oxygens (including phenoxy) is 1. The number of amides is 1. The Hall–Kier alpha value is -2.64. The molecule has 0 aromatic heterocycles. The van der Waals surface area contributed by atoms with Crippen molar-refractivity contribution in [2.24, 2.45) is 0 Å². The molecule has 2 N–H and O–H groups in total. The van der Waals surface area contributed by atoms with Crippen molar-refractivity contribution in [1.29, 1.82) is 0 Å². The van der Waals surface area contributed by atoms with E-state index in [1.807, 2.05) is 24.3 Å². The summed E-state index contributed by atoms with van der Waals surface area (Å²) < 4.78 is 33.1. The largest absolute Gasteiger partial charge is 0.488 e. The number of sulfonamides is 1. The van der Waals surface area contributed by atoms with E-state index in [0.717, 1.165) is 11.3 Å². The number of fused-ring (bicyclic) bond motifs is 1. The molecule has 1 aliphatic heterocycles. The molecular weight excluding hydrogens is 364 g/mol. The van der Waals surface area contributed by atoms with Gasteiger partial charge in [-0.25, -0.2) is 13.1 Å². The molecule has 2 aromatic carbocycles. The number of nitrogens with one attached hydrogen (secondary N) is 2. The first-order valence-electron chi connectivity index (χ1n) is 8.52. The number of rotatable bonds is 4. The van der Waals surface area contributed by atoms with Gasteiger partial charge < -0.3 is 10.1 Å². The Morgan fingerprint density at radius 2 is 1.81 bits per heavy atom. The SMILES string of the molecule is CC(C)(C)NS(=O)(=O)c1cccc(NC(=O)C2=Cc3ccccc3OC2)c1. The highest BCUT2D eigenvalue weighted by Crippen LogP contribution is 2.26. The molecule has 0 saturated carbocycles. The number of carbonyl (C=O) groups excluding carboxylic acids is 1. The fourth-order valence-electron chi connectivity index (χ4n) is 2.66. The minimum absolute atomic E-state index is 0.0921. The summed E-state index contributed by atoms with van der Waals surface area (Å²) in [6.45, 7) is 5.46. The lowest BCUT2D eigenvalue weighted by atomic mass is 10.1. The van der Waals surface area contributed by atoms with Crippen LogP contribution in [0.1, 0.15) is 26.3 Å². The van der Waals surface area contributed by atoms with Gasteiger partial charge in [-0.3, -0.25) is 4.79 Å². The molecule has 0 unspecified atom stereocenters. The second-order valence-electron chi connectivity index (χ2n) is 7.33. The second-order valence-corrected chi connectivity index (χ2v) is 9.02. The van der Waals surface area contributed by atoms with Crippen LogP contribution in [0.25, 0.3) is 6.08 Å². The van der Waals surface area contributed by atoms with Gasteiger partial charge in [-0.15, -0.1) is 0 Å². The minimum atomic E-state index is -3.68. The highest BCUT2D eigenvalue weighted by Gasteiger charge is 2.23. The molecule has 0 bridgehead atoms. The van der Waals surface area contributed by atoms with Crippen molar-refractivity contribution in [2.75, 3.05) is 11.9 Å². The van der Waals surface area contributed by atoms with Gasteiger partial charge in [-0.1, -0.05) is 24.3 Å². The molecule has 27 heavy (non-hydrogen) atoms. The van der Waals surface area contributed by atoms with Crippen LogP contribution < -0.4 is 14.8 Å². The Balaban J connectivity index is 1.79. The Morgan fingerprint density at radius 1 is 1.07 bits per heavy atom. The lowest BCUT2D eigenvalue weighted by Crippen LogP contribution is -2.40. The molecule has 0 aliphatic carbocycles. The average molecular weight is 386 g/mol. The van der Waals surface area contributed by atoms with E-state index in [4.69, 9.17) is 4.74 Å². The normalized spacial score (nSPS) is 14.0. The maximum absolute atomic E-state index is 12.5. The summed E-state index contributed by atoms with van der Waals surface area (Å²) in [4.78, 5) is 12.6. The first-order valence-corrected chi connectivity index (χ1v) is 10.0. The molecule has 0 radical (unpaired) electrons. The van der Waals surface area contributed by atoms with Crippen LogP contribution in [0.3, 0.4) is 0 Å². The highest BCUT2D eigenvalue weighted by atomic mass is 32.2. The molecular formula is C20H22N2O4S. The van der Waals surface area contributed by atoms with Gasteiger partial charge in [-0.2, -0.15) is 0 Å². The van der Waals surface area contributed by atoms with E-state index in [-0.39, 0.29) is 17.4 Å². The van der Waals surface area contributed by atoms with Crippen LogP contribution in [0.15, 0.2) is 59.0 Å². The van der Waals surface area contributed by atoms with Gasteiger partial charge in [-0.05, 0) is 51.1 Å². The van der Waals surface area contributed by atoms with Gasteiger partial charge >= 0.3 is 0 Å². The maximum Gasteiger partial charge on any atom is 0.255 e. The van der Waals surface area contributed by atoms with E-state index >= 15 is 0 Å². The summed E-state index contributed by atoms with van der Waals surface area (Å²) in [5.74, 6) is 0.401. The fourth-order valence-corrected chi connectivity index (χ4v) is 4.13. The van der Waals surface area contributed by atoms with Crippen molar-refractivity contribution >= 4 is 27.7 Å². The van der Waals surface area contributed by atoms with Gasteiger partial charge in [0.1, 0.15) is 12.4 Å². The first kappa shape index (κ1) is 19.1. The van der Waals surface area contributed by atoms with Crippen molar-refractivity contribution in [3.05, 3.63) is 59.7 Å². The predicted molar refractivity (Wildman–Crippen MR) is 105 cm³/mol. The maximum atomic E-state index is 12.5. The zero-order valence-corrected chi connectivity index (χ0v) is 16.3. The molecule has 2 aromatic rings. The van der Waals surface area contributed by atoms with Crippen LogP contribution in [-0.2, 0) is 14.8 Å². The summed E-state index contributed by atoms with van der Waals surface area (Å²) in [6.07, 6.45) is 1.77. The zero-order valence-electron chi connectivity index (χ0n) is 15.4. The fraction of sp³-hybridized carbons (Fsp3) is 0.250. The lowest BCUT2D eigenvalue weighted by molar-refractivity contribution is -0.113. The third kappa shape index (κ3) is 4.75. The summed E-state index contributed by atoms with van der Waals surface area (Å²) in [6, 6.07) is 13.6. The Labute approximate surface area is 159 Å². The van der Waals surface area contributed by atoms with Crippen LogP contribution >= 0.6 is 0 Å². The summed E-state index contributed by atoms with van der Waals surface area (Å²) in [5.41, 5.74) is 1.10. The van der Waals surface area contributed by atoms with Crippen molar-refractivity contribution in [3.63, 3.8) is 0 Å². The highest BCUT2D eigenvalue weighted by molar-refractivity contribution is 7.89. The Kier molecular flexibility index (Phi) is 5.08. The van der Waals surface area contributed by atoms with Crippen molar-refractivity contribution in [2.45, 2.75) is 31.2 Å². The molecule has 0 atom stereocenters. The van der Waals surface area contributed by atoms with Crippen LogP contribution in [0.2, 0.25) is 0 Å². The molecule has 1 amide bonds. The van der Waals surface area contributed by atoms with E-state index in [0.29, 0.717) is 11.3 Å². The smallest absolute Gasteiger partial charge is 0.255 e. The van der Waals surface area contributed by atoms with E-state index in [9.17, 15) is 13.2 Å². The van der Waals surface area contributed by atoms with Crippen LogP contribution in [0, 0.1) is 0 Å². The summed E-state index contributed by atoms with van der Waals surface area (Å²) in [5, 5.41) is 2.74. The van der Waals surface area contributed by atoms with Crippen LogP contribution in [0.4, 0.5) is 5.69 Å². The Morgan fingerprint density at radius 3 is 2.56 bits per heavy atom. The first-order chi connectivity index (χ1) is 12.6. The van der Waals surface area contributed by atoms with E-state index in [1.165, 1.54) is 12.1 Å². The van der Waals surface area contributed by atoms with Gasteiger partial charge in [0.15, 0.2) is 0 Å². The number of benzene rings is 2. The monoisotopic (exact) mass is 386 g/mol. The van der Waals surface area contributed by atoms with Crippen molar-refractivity contribution in [3.8, 4) is 5.75 Å². The standard InChI is InChI=1S/C20H22N2O4S/c1-20(2,3)22-27(24,25)17-9-6-8-16(12-17)21-19(23)15-11-14-7-4-5-10-18(14)26-13-15/h4-12,22H,13H2,1-3H3,(H,21,23). The molecule has 142 valence electrons. The van der Waals surface area contributed by atoms with Gasteiger partial charge in [0.25, 0.3) is 5.91 Å². The number of hydrogen-bond acceptors (Lipinski definition) is 4. The zero-order chi connectivity index (χ0) is 19.7. The number of carbonyl (C=O) groups is 1. The third-order valence-corrected chi connectivity index (χ3v) is 5.52. The van der Waals surface area contributed by atoms with Crippen molar-refractivity contribution < 1.29 is 17.9 Å². The summed E-state index contributed by atoms with van der Waals surface area (Å²) >= 11 is 0. The molecule has 1 heterocycles. The second kappa shape index (κ2) is 7.17. The molecule has 3 rings (SSSR count). The summed E-state index contributed by atoms with van der Waals surface area (Å²) in [7, 11) is -3.68. The topological polar surface area (TPSA) is 84.5 Å². The minimum Gasteiger partial charge on any atom is -0.488 e. The quantitative estimate of drug-likeness (QED) is 0.845. The molecule has 1 aliphatic rings. The predicted octanol–water partition coefficient (Wildman–Crippen LogP) is 3.18. The van der Waals surface area contributed by atoms with E-state index in [1.54, 1.807) is 39.0 Å². The molecule has 0 fully saturated rings. The number of para-hydroxylation sites is 1. The molecule has 0 spiro atoms. The molecule has 6 nitrogen and oxygen atoms in total. The number of hydrogen-bond donors (Lipinski definition) is 2. The van der Waals surface area contributed by atoms with Gasteiger partial charge in [0.2, 0.25) is 10.0 Å². The van der Waals surface area contributed by atoms with E-state index < -0.39 is 15.6 Å². The number of anilines is 1. The van der Waals surface area contributed by atoms with Crippen LogP contribution in [0.5, 0.6) is 5.75 Å². The molecule has 0 saturated heterocycles.